The number of ether oxygens (including phenoxy) is 1. The lowest BCUT2D eigenvalue weighted by atomic mass is 10.1. The Hall–Kier alpha value is -4.01. The highest BCUT2D eigenvalue weighted by molar-refractivity contribution is 6.05. The number of alkyl halides is 3. The van der Waals surface area contributed by atoms with Crippen molar-refractivity contribution in [2.24, 2.45) is 0 Å². The van der Waals surface area contributed by atoms with E-state index in [1.54, 1.807) is 18.2 Å². The number of nitrogens with one attached hydrogen (secondary N) is 3. The van der Waals surface area contributed by atoms with Gasteiger partial charge >= 0.3 is 6.18 Å². The molecule has 0 aliphatic heterocycles. The first-order chi connectivity index (χ1) is 16.6. The van der Waals surface area contributed by atoms with Crippen LogP contribution in [0.15, 0.2) is 72.8 Å². The minimum absolute atomic E-state index is 0.0167. The van der Waals surface area contributed by atoms with E-state index in [1.165, 1.54) is 24.3 Å². The fraction of sp³-hybridized carbons (Fsp3) is 0.231. The Kier molecular flexibility index (Phi) is 8.35. The summed E-state index contributed by atoms with van der Waals surface area (Å²) in [6.07, 6.45) is -3.56. The molecule has 1 unspecified atom stereocenters. The zero-order chi connectivity index (χ0) is 25.4. The summed E-state index contributed by atoms with van der Waals surface area (Å²) in [5, 5.41) is 8.16. The number of carbonyl (C=O) groups excluding carboxylic acids is 2. The molecule has 0 bridgehead atoms. The molecule has 0 saturated heterocycles. The second kappa shape index (κ2) is 11.4. The van der Waals surface area contributed by atoms with Crippen LogP contribution in [-0.4, -0.2) is 24.5 Å². The molecule has 0 fully saturated rings. The summed E-state index contributed by atoms with van der Waals surface area (Å²) >= 11 is 0. The Balaban J connectivity index is 1.58. The normalized spacial score (nSPS) is 11.9. The van der Waals surface area contributed by atoms with E-state index in [1.807, 2.05) is 32.0 Å². The van der Waals surface area contributed by atoms with E-state index >= 15 is 0 Å². The number of amides is 2. The highest BCUT2D eigenvalue weighted by Crippen LogP contribution is 2.30. The maximum atomic E-state index is 12.9. The molecule has 0 radical (unpaired) electrons. The molecule has 0 saturated carbocycles. The van der Waals surface area contributed by atoms with Gasteiger partial charge in [-0.1, -0.05) is 25.1 Å². The molecule has 35 heavy (non-hydrogen) atoms. The lowest BCUT2D eigenvalue weighted by Gasteiger charge is -2.14. The molecular weight excluding hydrogens is 459 g/mol. The molecule has 6 nitrogen and oxygen atoms in total. The zero-order valence-electron chi connectivity index (χ0n) is 19.3. The van der Waals surface area contributed by atoms with Gasteiger partial charge in [-0.25, -0.2) is 0 Å². The van der Waals surface area contributed by atoms with E-state index in [2.05, 4.69) is 16.0 Å². The molecule has 0 heterocycles. The van der Waals surface area contributed by atoms with Gasteiger partial charge in [0.05, 0.1) is 18.2 Å². The molecule has 3 aromatic rings. The van der Waals surface area contributed by atoms with E-state index < -0.39 is 17.6 Å². The highest BCUT2D eigenvalue weighted by atomic mass is 19.4. The molecule has 0 aromatic heterocycles. The van der Waals surface area contributed by atoms with Crippen molar-refractivity contribution in [3.05, 3.63) is 83.9 Å². The maximum Gasteiger partial charge on any atom is 0.416 e. The van der Waals surface area contributed by atoms with E-state index in [4.69, 9.17) is 4.74 Å². The van der Waals surface area contributed by atoms with Gasteiger partial charge in [-0.15, -0.1) is 0 Å². The number of hydrogen-bond donors (Lipinski definition) is 3. The Morgan fingerprint density at radius 1 is 0.886 bits per heavy atom. The Morgan fingerprint density at radius 3 is 2.26 bits per heavy atom. The Bertz CT molecular complexity index is 1180. The Labute approximate surface area is 201 Å². The number of benzene rings is 3. The molecule has 1 atom stereocenters. The number of carbonyl (C=O) groups is 2. The average Bonchev–Trinajstić information content (AvgIpc) is 2.83. The lowest BCUT2D eigenvalue weighted by Crippen LogP contribution is -2.22. The van der Waals surface area contributed by atoms with Gasteiger partial charge in [0.15, 0.2) is 0 Å². The molecule has 3 N–H and O–H groups in total. The molecule has 3 aromatic carbocycles. The summed E-state index contributed by atoms with van der Waals surface area (Å²) in [7, 11) is 0. The van der Waals surface area contributed by atoms with Crippen molar-refractivity contribution >= 4 is 28.9 Å². The third kappa shape index (κ3) is 7.77. The SMILES string of the molecule is CCC(C)Oc1cccc(NCC(=O)Nc2cccc(C(=O)Nc3cccc(C(F)(F)F)c3)c2)c1. The summed E-state index contributed by atoms with van der Waals surface area (Å²) in [6.45, 7) is 3.98. The van der Waals surface area contributed by atoms with Gasteiger partial charge in [0.25, 0.3) is 5.91 Å². The van der Waals surface area contributed by atoms with Crippen LogP contribution in [0.3, 0.4) is 0 Å². The second-order valence-corrected chi connectivity index (χ2v) is 7.88. The van der Waals surface area contributed by atoms with Crippen molar-refractivity contribution in [2.75, 3.05) is 22.5 Å². The molecule has 0 aliphatic rings. The Morgan fingerprint density at radius 2 is 1.54 bits per heavy atom. The quantitative estimate of drug-likeness (QED) is 0.338. The van der Waals surface area contributed by atoms with Gasteiger partial charge in [0, 0.05) is 28.7 Å². The monoisotopic (exact) mass is 485 g/mol. The average molecular weight is 486 g/mol. The molecule has 184 valence electrons. The number of hydrogen-bond acceptors (Lipinski definition) is 4. The number of anilines is 3. The fourth-order valence-electron chi connectivity index (χ4n) is 3.10. The molecule has 2 amide bonds. The van der Waals surface area contributed by atoms with Crippen LogP contribution in [0.2, 0.25) is 0 Å². The maximum absolute atomic E-state index is 12.9. The van der Waals surface area contributed by atoms with Crippen molar-refractivity contribution in [1.82, 2.24) is 0 Å². The number of rotatable bonds is 9. The van der Waals surface area contributed by atoms with Crippen molar-refractivity contribution in [3.8, 4) is 5.75 Å². The van der Waals surface area contributed by atoms with Crippen LogP contribution in [0.4, 0.5) is 30.2 Å². The van der Waals surface area contributed by atoms with Gasteiger partial charge in [0.2, 0.25) is 5.91 Å². The van der Waals surface area contributed by atoms with E-state index in [9.17, 15) is 22.8 Å². The van der Waals surface area contributed by atoms with Crippen LogP contribution in [0.25, 0.3) is 0 Å². The summed E-state index contributed by atoms with van der Waals surface area (Å²) < 4.78 is 44.5. The van der Waals surface area contributed by atoms with Crippen LogP contribution >= 0.6 is 0 Å². The molecule has 0 spiro atoms. The summed E-state index contributed by atoms with van der Waals surface area (Å²) in [4.78, 5) is 24.9. The highest BCUT2D eigenvalue weighted by Gasteiger charge is 2.30. The largest absolute Gasteiger partial charge is 0.491 e. The van der Waals surface area contributed by atoms with E-state index in [0.717, 1.165) is 24.2 Å². The van der Waals surface area contributed by atoms with E-state index in [0.29, 0.717) is 11.4 Å². The standard InChI is InChI=1S/C26H26F3N3O3/c1-3-17(2)35-23-12-6-9-20(15-23)30-16-24(33)31-21-10-4-7-18(13-21)25(34)32-22-11-5-8-19(14-22)26(27,28)29/h4-15,17,30H,3,16H2,1-2H3,(H,31,33)(H,32,34). The zero-order valence-corrected chi connectivity index (χ0v) is 19.3. The van der Waals surface area contributed by atoms with Crippen molar-refractivity contribution in [3.63, 3.8) is 0 Å². The third-order valence-corrected chi connectivity index (χ3v) is 5.06. The van der Waals surface area contributed by atoms with Gasteiger partial charge in [-0.2, -0.15) is 13.2 Å². The van der Waals surface area contributed by atoms with Crippen LogP contribution in [0.1, 0.15) is 36.2 Å². The third-order valence-electron chi connectivity index (χ3n) is 5.06. The minimum atomic E-state index is -4.51. The molecule has 9 heteroatoms. The topological polar surface area (TPSA) is 79.5 Å². The van der Waals surface area contributed by atoms with Crippen molar-refractivity contribution < 1.29 is 27.5 Å². The minimum Gasteiger partial charge on any atom is -0.491 e. The van der Waals surface area contributed by atoms with Crippen molar-refractivity contribution in [2.45, 2.75) is 32.5 Å². The fourth-order valence-corrected chi connectivity index (χ4v) is 3.10. The summed E-state index contributed by atoms with van der Waals surface area (Å²) in [5.74, 6) is -0.241. The predicted octanol–water partition coefficient (Wildman–Crippen LogP) is 6.19. The van der Waals surface area contributed by atoms with Gasteiger partial charge in [0.1, 0.15) is 5.75 Å². The predicted molar refractivity (Wildman–Crippen MR) is 130 cm³/mol. The van der Waals surface area contributed by atoms with Gasteiger partial charge in [-0.05, 0) is 61.9 Å². The first-order valence-corrected chi connectivity index (χ1v) is 11.0. The molecule has 3 rings (SSSR count). The summed E-state index contributed by atoms with van der Waals surface area (Å²) in [6, 6.07) is 17.8. The first-order valence-electron chi connectivity index (χ1n) is 11.0. The second-order valence-electron chi connectivity index (χ2n) is 7.88. The lowest BCUT2D eigenvalue weighted by molar-refractivity contribution is -0.137. The van der Waals surface area contributed by atoms with Gasteiger partial charge < -0.3 is 20.7 Å². The van der Waals surface area contributed by atoms with Crippen LogP contribution in [0, 0.1) is 0 Å². The smallest absolute Gasteiger partial charge is 0.416 e. The van der Waals surface area contributed by atoms with Crippen LogP contribution in [-0.2, 0) is 11.0 Å². The van der Waals surface area contributed by atoms with Crippen LogP contribution < -0.4 is 20.7 Å². The number of halogens is 3. The summed E-state index contributed by atoms with van der Waals surface area (Å²) in [5.41, 5.74) is 0.435. The molecule has 0 aliphatic carbocycles. The molecular formula is C26H26F3N3O3. The van der Waals surface area contributed by atoms with Gasteiger partial charge in [-0.3, -0.25) is 9.59 Å². The van der Waals surface area contributed by atoms with Crippen LogP contribution in [0.5, 0.6) is 5.75 Å². The van der Waals surface area contributed by atoms with E-state index in [-0.39, 0.29) is 29.8 Å². The first kappa shape index (κ1) is 25.6. The van der Waals surface area contributed by atoms with Crippen molar-refractivity contribution in [1.29, 1.82) is 0 Å².